The maximum absolute atomic E-state index is 13.0. The smallest absolute Gasteiger partial charge is 0.162 e. The van der Waals surface area contributed by atoms with Gasteiger partial charge in [-0.3, -0.25) is 4.98 Å². The number of nitrogens with one attached hydrogen (secondary N) is 1. The van der Waals surface area contributed by atoms with Crippen LogP contribution in [0.25, 0.3) is 0 Å². The second-order valence-electron chi connectivity index (χ2n) is 4.18. The van der Waals surface area contributed by atoms with E-state index < -0.39 is 11.6 Å². The first-order chi connectivity index (χ1) is 9.69. The molecule has 0 fully saturated rings. The van der Waals surface area contributed by atoms with Crippen molar-refractivity contribution < 1.29 is 13.5 Å². The van der Waals surface area contributed by atoms with Gasteiger partial charge in [-0.2, -0.15) is 0 Å². The van der Waals surface area contributed by atoms with Crippen LogP contribution < -0.4 is 10.1 Å². The average Bonchev–Trinajstić information content (AvgIpc) is 2.47. The van der Waals surface area contributed by atoms with Crippen molar-refractivity contribution >= 4 is 5.82 Å². The molecular weight excluding hydrogens is 264 g/mol. The van der Waals surface area contributed by atoms with E-state index in [1.165, 1.54) is 6.07 Å². The minimum Gasteiger partial charge on any atom is -0.487 e. The molecule has 0 atom stereocenters. The van der Waals surface area contributed by atoms with E-state index in [-0.39, 0.29) is 12.4 Å². The first kappa shape index (κ1) is 14.2. The van der Waals surface area contributed by atoms with Gasteiger partial charge in [-0.15, -0.1) is 0 Å². The number of nitrogens with zero attached hydrogens (tertiary/aromatic N) is 2. The van der Waals surface area contributed by atoms with Crippen LogP contribution in [-0.2, 0) is 6.61 Å². The molecule has 2 aromatic rings. The van der Waals surface area contributed by atoms with Crippen molar-refractivity contribution in [3.05, 3.63) is 47.9 Å². The third kappa shape index (κ3) is 3.88. The highest BCUT2D eigenvalue weighted by Crippen LogP contribution is 2.16. The van der Waals surface area contributed by atoms with E-state index in [1.54, 1.807) is 12.4 Å². The van der Waals surface area contributed by atoms with Gasteiger partial charge in [0.05, 0.1) is 18.1 Å². The molecular formula is C14H15F2N3O. The third-order valence-corrected chi connectivity index (χ3v) is 2.54. The minimum atomic E-state index is -0.937. The summed E-state index contributed by atoms with van der Waals surface area (Å²) in [5.74, 6) is -0.890. The SMILES string of the molecule is CCCNc1cnc(COc2ccc(F)c(F)c2)cn1. The second-order valence-corrected chi connectivity index (χ2v) is 4.18. The molecule has 1 aromatic heterocycles. The normalized spacial score (nSPS) is 10.3. The number of aromatic nitrogens is 2. The molecule has 0 amide bonds. The van der Waals surface area contributed by atoms with E-state index in [0.29, 0.717) is 11.5 Å². The molecule has 6 heteroatoms. The van der Waals surface area contributed by atoms with Crippen molar-refractivity contribution in [2.24, 2.45) is 0 Å². The number of halogens is 2. The Morgan fingerprint density at radius 1 is 1.15 bits per heavy atom. The van der Waals surface area contributed by atoms with E-state index in [2.05, 4.69) is 22.2 Å². The van der Waals surface area contributed by atoms with Crippen LogP contribution in [-0.4, -0.2) is 16.5 Å². The highest BCUT2D eigenvalue weighted by atomic mass is 19.2. The van der Waals surface area contributed by atoms with Crippen molar-refractivity contribution in [1.82, 2.24) is 9.97 Å². The molecule has 1 N–H and O–H groups in total. The molecule has 0 aliphatic carbocycles. The Morgan fingerprint density at radius 3 is 2.65 bits per heavy atom. The molecule has 0 radical (unpaired) electrons. The lowest BCUT2D eigenvalue weighted by Gasteiger charge is -2.07. The van der Waals surface area contributed by atoms with Gasteiger partial charge in [0.1, 0.15) is 18.2 Å². The molecule has 0 aliphatic rings. The first-order valence-corrected chi connectivity index (χ1v) is 6.31. The zero-order valence-electron chi connectivity index (χ0n) is 11.1. The minimum absolute atomic E-state index is 0.145. The molecule has 4 nitrogen and oxygen atoms in total. The molecule has 0 unspecified atom stereocenters. The molecule has 106 valence electrons. The number of hydrogen-bond donors (Lipinski definition) is 1. The molecule has 20 heavy (non-hydrogen) atoms. The Bertz CT molecular complexity index is 561. The van der Waals surface area contributed by atoms with Crippen LogP contribution in [0.1, 0.15) is 19.0 Å². The number of hydrogen-bond acceptors (Lipinski definition) is 4. The first-order valence-electron chi connectivity index (χ1n) is 6.31. The zero-order valence-corrected chi connectivity index (χ0v) is 11.1. The summed E-state index contributed by atoms with van der Waals surface area (Å²) in [5, 5.41) is 3.10. The van der Waals surface area contributed by atoms with Gasteiger partial charge in [-0.1, -0.05) is 6.92 Å². The highest BCUT2D eigenvalue weighted by molar-refractivity contribution is 5.30. The standard InChI is InChI=1S/C14H15F2N3O/c1-2-5-17-14-8-18-10(7-19-14)9-20-11-3-4-12(15)13(16)6-11/h3-4,6-8H,2,5,9H2,1H3,(H,17,19). The molecule has 0 aliphatic heterocycles. The topological polar surface area (TPSA) is 47.0 Å². The molecule has 1 aromatic carbocycles. The number of ether oxygens (including phenoxy) is 1. The van der Waals surface area contributed by atoms with Gasteiger partial charge < -0.3 is 10.1 Å². The summed E-state index contributed by atoms with van der Waals surface area (Å²) in [5.41, 5.74) is 0.608. The summed E-state index contributed by atoms with van der Waals surface area (Å²) >= 11 is 0. The molecule has 0 saturated heterocycles. The van der Waals surface area contributed by atoms with Gasteiger partial charge in [0.15, 0.2) is 11.6 Å². The molecule has 0 saturated carbocycles. The van der Waals surface area contributed by atoms with Crippen molar-refractivity contribution in [2.45, 2.75) is 20.0 Å². The lowest BCUT2D eigenvalue weighted by atomic mass is 10.3. The Balaban J connectivity index is 1.91. The van der Waals surface area contributed by atoms with Crippen LogP contribution >= 0.6 is 0 Å². The van der Waals surface area contributed by atoms with Crippen LogP contribution in [0.15, 0.2) is 30.6 Å². The van der Waals surface area contributed by atoms with Crippen molar-refractivity contribution in [3.8, 4) is 5.75 Å². The fourth-order valence-electron chi connectivity index (χ4n) is 1.50. The van der Waals surface area contributed by atoms with Gasteiger partial charge in [0.25, 0.3) is 0 Å². The predicted octanol–water partition coefficient (Wildman–Crippen LogP) is 3.16. The lowest BCUT2D eigenvalue weighted by molar-refractivity contribution is 0.298. The van der Waals surface area contributed by atoms with E-state index in [4.69, 9.17) is 4.74 Å². The second kappa shape index (κ2) is 6.79. The number of rotatable bonds is 6. The van der Waals surface area contributed by atoms with Crippen molar-refractivity contribution in [1.29, 1.82) is 0 Å². The summed E-state index contributed by atoms with van der Waals surface area (Å²) in [6, 6.07) is 3.39. The Labute approximate surface area is 115 Å². The summed E-state index contributed by atoms with van der Waals surface area (Å²) in [6.45, 7) is 3.04. The zero-order chi connectivity index (χ0) is 14.4. The molecule has 2 rings (SSSR count). The summed E-state index contributed by atoms with van der Waals surface area (Å²) in [7, 11) is 0. The van der Waals surface area contributed by atoms with E-state index >= 15 is 0 Å². The summed E-state index contributed by atoms with van der Waals surface area (Å²) in [6.07, 6.45) is 4.19. The molecule has 0 bridgehead atoms. The van der Waals surface area contributed by atoms with Crippen LogP contribution in [0.3, 0.4) is 0 Å². The van der Waals surface area contributed by atoms with Crippen LogP contribution in [0.5, 0.6) is 5.75 Å². The summed E-state index contributed by atoms with van der Waals surface area (Å²) in [4.78, 5) is 8.34. The maximum Gasteiger partial charge on any atom is 0.162 e. The van der Waals surface area contributed by atoms with E-state index in [9.17, 15) is 8.78 Å². The maximum atomic E-state index is 13.0. The van der Waals surface area contributed by atoms with Gasteiger partial charge in [-0.25, -0.2) is 13.8 Å². The fraction of sp³-hybridized carbons (Fsp3) is 0.286. The van der Waals surface area contributed by atoms with Gasteiger partial charge in [-0.05, 0) is 18.6 Å². The van der Waals surface area contributed by atoms with Crippen LogP contribution in [0.2, 0.25) is 0 Å². The monoisotopic (exact) mass is 279 g/mol. The quantitative estimate of drug-likeness (QED) is 0.882. The number of anilines is 1. The average molecular weight is 279 g/mol. The third-order valence-electron chi connectivity index (χ3n) is 2.54. The fourth-order valence-corrected chi connectivity index (χ4v) is 1.50. The van der Waals surface area contributed by atoms with Gasteiger partial charge in [0, 0.05) is 12.6 Å². The highest BCUT2D eigenvalue weighted by Gasteiger charge is 2.04. The largest absolute Gasteiger partial charge is 0.487 e. The van der Waals surface area contributed by atoms with E-state index in [0.717, 1.165) is 25.1 Å². The summed E-state index contributed by atoms with van der Waals surface area (Å²) < 4.78 is 31.1. The Morgan fingerprint density at radius 2 is 2.00 bits per heavy atom. The molecule has 1 heterocycles. The Hall–Kier alpha value is -2.24. The van der Waals surface area contributed by atoms with Gasteiger partial charge >= 0.3 is 0 Å². The van der Waals surface area contributed by atoms with Crippen molar-refractivity contribution in [3.63, 3.8) is 0 Å². The lowest BCUT2D eigenvalue weighted by Crippen LogP contribution is -2.04. The molecule has 0 spiro atoms. The van der Waals surface area contributed by atoms with Crippen LogP contribution in [0.4, 0.5) is 14.6 Å². The number of benzene rings is 1. The Kier molecular flexibility index (Phi) is 4.81. The predicted molar refractivity (Wildman–Crippen MR) is 71.5 cm³/mol. The van der Waals surface area contributed by atoms with Crippen LogP contribution in [0, 0.1) is 11.6 Å². The van der Waals surface area contributed by atoms with E-state index in [1.807, 2.05) is 0 Å². The van der Waals surface area contributed by atoms with Crippen molar-refractivity contribution in [2.75, 3.05) is 11.9 Å². The van der Waals surface area contributed by atoms with Gasteiger partial charge in [0.2, 0.25) is 0 Å².